The van der Waals surface area contributed by atoms with Gasteiger partial charge in [0.1, 0.15) is 5.69 Å². The normalized spacial score (nSPS) is 11.6. The molecule has 0 saturated heterocycles. The summed E-state index contributed by atoms with van der Waals surface area (Å²) in [5.41, 5.74) is 2.65. The predicted molar refractivity (Wildman–Crippen MR) is 87.1 cm³/mol. The van der Waals surface area contributed by atoms with E-state index in [0.717, 1.165) is 12.1 Å². The Morgan fingerprint density at radius 1 is 1.26 bits per heavy atom. The molecule has 0 bridgehead atoms. The number of nitrogens with two attached hydrogens (primary N) is 1. The second kappa shape index (κ2) is 6.73. The van der Waals surface area contributed by atoms with Crippen molar-refractivity contribution in [2.45, 2.75) is 4.90 Å². The molecule has 0 spiro atoms. The van der Waals surface area contributed by atoms with Crippen LogP contribution in [0.5, 0.6) is 0 Å². The van der Waals surface area contributed by atoms with Crippen molar-refractivity contribution >= 4 is 39.2 Å². The highest BCUT2D eigenvalue weighted by molar-refractivity contribution is 7.89. The minimum Gasteiger partial charge on any atom is -0.272 e. The maximum atomic E-state index is 11.2. The highest BCUT2D eigenvalue weighted by Gasteiger charge is 2.18. The molecule has 0 heterocycles. The third-order valence-electron chi connectivity index (χ3n) is 2.79. The smallest absolute Gasteiger partial charge is 0.272 e. The van der Waals surface area contributed by atoms with Crippen molar-refractivity contribution in [1.82, 2.24) is 0 Å². The van der Waals surface area contributed by atoms with Crippen LogP contribution < -0.4 is 10.6 Å². The average Bonchev–Trinajstić information content (AvgIpc) is 2.48. The van der Waals surface area contributed by atoms with Crippen LogP contribution in [0.1, 0.15) is 5.56 Å². The first-order valence-corrected chi connectivity index (χ1v) is 8.06. The molecule has 2 rings (SSSR count). The molecule has 0 atom stereocenters. The number of hydrogen-bond acceptors (Lipinski definition) is 6. The zero-order valence-corrected chi connectivity index (χ0v) is 13.1. The molecule has 0 aliphatic rings. The lowest BCUT2D eigenvalue weighted by atomic mass is 10.2. The molecule has 3 N–H and O–H groups in total. The molecule has 0 radical (unpaired) electrons. The van der Waals surface area contributed by atoms with Crippen LogP contribution in [0.25, 0.3) is 0 Å². The number of hydrazone groups is 1. The van der Waals surface area contributed by atoms with E-state index in [1.165, 1.54) is 12.3 Å². The molecule has 0 aliphatic heterocycles. The Labute approximate surface area is 136 Å². The monoisotopic (exact) mass is 354 g/mol. The van der Waals surface area contributed by atoms with Crippen LogP contribution >= 0.6 is 11.6 Å². The summed E-state index contributed by atoms with van der Waals surface area (Å²) in [6.07, 6.45) is 1.39. The molecule has 23 heavy (non-hydrogen) atoms. The first-order chi connectivity index (χ1) is 10.8. The number of hydrogen-bond donors (Lipinski definition) is 2. The summed E-state index contributed by atoms with van der Waals surface area (Å²) in [7, 11) is -4.03. The maximum Gasteiger partial charge on any atom is 0.295 e. The number of halogens is 1. The Balaban J connectivity index is 2.30. The van der Waals surface area contributed by atoms with Gasteiger partial charge in [-0.2, -0.15) is 5.10 Å². The van der Waals surface area contributed by atoms with Crippen LogP contribution in [-0.2, 0) is 10.0 Å². The van der Waals surface area contributed by atoms with Gasteiger partial charge in [-0.3, -0.25) is 15.5 Å². The summed E-state index contributed by atoms with van der Waals surface area (Å²) in [4.78, 5) is 9.95. The van der Waals surface area contributed by atoms with Gasteiger partial charge in [-0.1, -0.05) is 29.8 Å². The largest absolute Gasteiger partial charge is 0.295 e. The Morgan fingerprint density at radius 2 is 1.96 bits per heavy atom. The standard InChI is InChI=1S/C13H11ClN4O4S/c14-11-4-2-1-3-9(11)8-16-17-12-6-5-10(23(15,21)22)7-13(12)18(19)20/h1-8,17H,(H2,15,21,22)/b16-8+. The SMILES string of the molecule is NS(=O)(=O)c1ccc(N/N=C/c2ccccc2Cl)c([N+](=O)[O-])c1. The molecule has 8 nitrogen and oxygen atoms in total. The van der Waals surface area contributed by atoms with Crippen molar-refractivity contribution in [3.8, 4) is 0 Å². The predicted octanol–water partition coefficient (Wildman–Crippen LogP) is 2.34. The maximum absolute atomic E-state index is 11.2. The molecule has 2 aromatic rings. The van der Waals surface area contributed by atoms with Gasteiger partial charge in [0.25, 0.3) is 5.69 Å². The molecule has 0 fully saturated rings. The van der Waals surface area contributed by atoms with Gasteiger partial charge in [-0.05, 0) is 18.2 Å². The number of nitro groups is 1. The minimum atomic E-state index is -4.03. The third kappa shape index (κ3) is 4.25. The van der Waals surface area contributed by atoms with Crippen LogP contribution in [0.4, 0.5) is 11.4 Å². The fourth-order valence-electron chi connectivity index (χ4n) is 1.69. The van der Waals surface area contributed by atoms with Crippen molar-refractivity contribution in [1.29, 1.82) is 0 Å². The fourth-order valence-corrected chi connectivity index (χ4v) is 2.40. The van der Waals surface area contributed by atoms with E-state index < -0.39 is 20.6 Å². The van der Waals surface area contributed by atoms with Crippen molar-refractivity contribution in [2.24, 2.45) is 10.2 Å². The number of sulfonamides is 1. The zero-order valence-electron chi connectivity index (χ0n) is 11.5. The van der Waals surface area contributed by atoms with Gasteiger partial charge in [0.05, 0.1) is 16.0 Å². The molecule has 0 saturated carbocycles. The zero-order chi connectivity index (χ0) is 17.0. The molecule has 120 valence electrons. The summed E-state index contributed by atoms with van der Waals surface area (Å²) >= 11 is 5.95. The van der Waals surface area contributed by atoms with E-state index in [2.05, 4.69) is 10.5 Å². The van der Waals surface area contributed by atoms with Gasteiger partial charge < -0.3 is 0 Å². The topological polar surface area (TPSA) is 128 Å². The van der Waals surface area contributed by atoms with Crippen molar-refractivity contribution in [3.05, 3.63) is 63.2 Å². The Bertz CT molecular complexity index is 883. The van der Waals surface area contributed by atoms with Crippen LogP contribution in [0.3, 0.4) is 0 Å². The van der Waals surface area contributed by atoms with Gasteiger partial charge in [0.15, 0.2) is 0 Å². The van der Waals surface area contributed by atoms with E-state index in [9.17, 15) is 18.5 Å². The lowest BCUT2D eigenvalue weighted by molar-refractivity contribution is -0.384. The second-order valence-corrected chi connectivity index (χ2v) is 6.34. The highest BCUT2D eigenvalue weighted by Crippen LogP contribution is 2.27. The van der Waals surface area contributed by atoms with Gasteiger partial charge in [0.2, 0.25) is 10.0 Å². The van der Waals surface area contributed by atoms with Crippen LogP contribution in [0.2, 0.25) is 5.02 Å². The van der Waals surface area contributed by atoms with Crippen LogP contribution in [-0.4, -0.2) is 19.6 Å². The van der Waals surface area contributed by atoms with Gasteiger partial charge >= 0.3 is 0 Å². The molecule has 2 aromatic carbocycles. The summed E-state index contributed by atoms with van der Waals surface area (Å²) in [6.45, 7) is 0. The molecule has 0 amide bonds. The molecule has 0 aliphatic carbocycles. The van der Waals surface area contributed by atoms with Gasteiger partial charge in [-0.25, -0.2) is 13.6 Å². The average molecular weight is 355 g/mol. The van der Waals surface area contributed by atoms with Crippen LogP contribution in [0, 0.1) is 10.1 Å². The highest BCUT2D eigenvalue weighted by atomic mass is 35.5. The third-order valence-corrected chi connectivity index (χ3v) is 4.04. The van der Waals surface area contributed by atoms with Gasteiger partial charge in [-0.15, -0.1) is 0 Å². The van der Waals surface area contributed by atoms with Gasteiger partial charge in [0, 0.05) is 16.7 Å². The van der Waals surface area contributed by atoms with E-state index in [-0.39, 0.29) is 10.6 Å². The second-order valence-electron chi connectivity index (χ2n) is 4.37. The molecule has 0 aromatic heterocycles. The Hall–Kier alpha value is -2.49. The minimum absolute atomic E-state index is 0.0192. The molecule has 0 unspecified atom stereocenters. The van der Waals surface area contributed by atoms with E-state index in [0.29, 0.717) is 10.6 Å². The lowest BCUT2D eigenvalue weighted by Gasteiger charge is -2.04. The van der Waals surface area contributed by atoms with Crippen molar-refractivity contribution < 1.29 is 13.3 Å². The fraction of sp³-hybridized carbons (Fsp3) is 0. The Kier molecular flexibility index (Phi) is 4.94. The van der Waals surface area contributed by atoms with E-state index >= 15 is 0 Å². The number of nitro benzene ring substituents is 1. The van der Waals surface area contributed by atoms with Crippen molar-refractivity contribution in [3.63, 3.8) is 0 Å². The first kappa shape index (κ1) is 16.9. The van der Waals surface area contributed by atoms with E-state index in [4.69, 9.17) is 16.7 Å². The quantitative estimate of drug-likeness (QED) is 0.484. The van der Waals surface area contributed by atoms with Crippen molar-refractivity contribution in [2.75, 3.05) is 5.43 Å². The first-order valence-electron chi connectivity index (χ1n) is 6.14. The summed E-state index contributed by atoms with van der Waals surface area (Å²) in [6, 6.07) is 10.1. The number of primary sulfonamides is 1. The number of benzene rings is 2. The van der Waals surface area contributed by atoms with E-state index in [1.807, 2.05) is 0 Å². The molecular formula is C13H11ClN4O4S. The summed E-state index contributed by atoms with van der Waals surface area (Å²) in [5, 5.41) is 20.3. The number of rotatable bonds is 5. The van der Waals surface area contributed by atoms with E-state index in [1.54, 1.807) is 24.3 Å². The summed E-state index contributed by atoms with van der Waals surface area (Å²) < 4.78 is 22.5. The molecule has 10 heteroatoms. The van der Waals surface area contributed by atoms with Crippen LogP contribution in [0.15, 0.2) is 52.5 Å². The number of nitrogens with one attached hydrogen (secondary N) is 1. The lowest BCUT2D eigenvalue weighted by Crippen LogP contribution is -2.12. The Morgan fingerprint density at radius 3 is 2.57 bits per heavy atom. The summed E-state index contributed by atoms with van der Waals surface area (Å²) in [5.74, 6) is 0. The number of nitrogens with zero attached hydrogens (tertiary/aromatic N) is 2. The number of anilines is 1. The molecular weight excluding hydrogens is 344 g/mol.